The second kappa shape index (κ2) is 6.27. The van der Waals surface area contributed by atoms with Gasteiger partial charge >= 0.3 is 0 Å². The van der Waals surface area contributed by atoms with Crippen LogP contribution in [0.3, 0.4) is 0 Å². The standard InChI is InChI=1S/C17H16N4O/c18-10-15-6-7-16(19-11-15)20-8-9-21(17(22)13-20)12-14-4-2-1-3-5-14/h1-7,11H,8-9,12-13H2. The van der Waals surface area contributed by atoms with Crippen LogP contribution in [0.2, 0.25) is 0 Å². The third-order valence-electron chi connectivity index (χ3n) is 3.74. The molecule has 0 radical (unpaired) electrons. The predicted molar refractivity (Wildman–Crippen MR) is 83.0 cm³/mol. The highest BCUT2D eigenvalue weighted by molar-refractivity contribution is 5.82. The van der Waals surface area contributed by atoms with Crippen LogP contribution in [0, 0.1) is 11.3 Å². The smallest absolute Gasteiger partial charge is 0.242 e. The maximum atomic E-state index is 12.3. The summed E-state index contributed by atoms with van der Waals surface area (Å²) in [5.41, 5.74) is 1.67. The van der Waals surface area contributed by atoms with Crippen molar-refractivity contribution in [2.45, 2.75) is 6.54 Å². The molecule has 0 spiro atoms. The Morgan fingerprint density at radius 1 is 1.14 bits per heavy atom. The van der Waals surface area contributed by atoms with Crippen molar-refractivity contribution >= 4 is 11.7 Å². The molecule has 1 fully saturated rings. The number of amides is 1. The van der Waals surface area contributed by atoms with E-state index in [0.29, 0.717) is 25.2 Å². The van der Waals surface area contributed by atoms with Gasteiger partial charge in [-0.3, -0.25) is 4.79 Å². The molecule has 0 unspecified atom stereocenters. The molecule has 1 aliphatic rings. The van der Waals surface area contributed by atoms with Crippen molar-refractivity contribution in [2.24, 2.45) is 0 Å². The highest BCUT2D eigenvalue weighted by Crippen LogP contribution is 2.16. The number of nitrogens with zero attached hydrogens (tertiary/aromatic N) is 4. The van der Waals surface area contributed by atoms with Crippen LogP contribution in [0.1, 0.15) is 11.1 Å². The van der Waals surface area contributed by atoms with Crippen LogP contribution in [0.5, 0.6) is 0 Å². The zero-order valence-corrected chi connectivity index (χ0v) is 12.1. The SMILES string of the molecule is N#Cc1ccc(N2CCN(Cc3ccccc3)C(=O)C2)nc1. The Morgan fingerprint density at radius 2 is 1.95 bits per heavy atom. The number of carbonyl (C=O) groups is 1. The van der Waals surface area contributed by atoms with Crippen LogP contribution in [-0.2, 0) is 11.3 Å². The second-order valence-electron chi connectivity index (χ2n) is 5.24. The molecule has 5 nitrogen and oxygen atoms in total. The van der Waals surface area contributed by atoms with Gasteiger partial charge in [0, 0.05) is 25.8 Å². The molecule has 0 bridgehead atoms. The summed E-state index contributed by atoms with van der Waals surface area (Å²) in [5.74, 6) is 0.841. The van der Waals surface area contributed by atoms with E-state index in [1.165, 1.54) is 6.20 Å². The van der Waals surface area contributed by atoms with Crippen molar-refractivity contribution < 1.29 is 4.79 Å². The molecular weight excluding hydrogens is 276 g/mol. The highest BCUT2D eigenvalue weighted by atomic mass is 16.2. The average molecular weight is 292 g/mol. The number of hydrogen-bond donors (Lipinski definition) is 0. The molecule has 3 rings (SSSR count). The minimum atomic E-state index is 0.0984. The van der Waals surface area contributed by atoms with Crippen molar-refractivity contribution in [3.05, 3.63) is 59.8 Å². The van der Waals surface area contributed by atoms with E-state index in [4.69, 9.17) is 5.26 Å². The number of carbonyl (C=O) groups excluding carboxylic acids is 1. The summed E-state index contributed by atoms with van der Waals surface area (Å²) >= 11 is 0. The Labute approximate surface area is 129 Å². The lowest BCUT2D eigenvalue weighted by molar-refractivity contribution is -0.131. The van der Waals surface area contributed by atoms with Crippen LogP contribution in [0.4, 0.5) is 5.82 Å². The Morgan fingerprint density at radius 3 is 2.59 bits per heavy atom. The van der Waals surface area contributed by atoms with Crippen LogP contribution < -0.4 is 4.90 Å². The van der Waals surface area contributed by atoms with Gasteiger partial charge in [0.2, 0.25) is 5.91 Å². The Kier molecular flexibility index (Phi) is 4.01. The lowest BCUT2D eigenvalue weighted by Gasteiger charge is -2.35. The lowest BCUT2D eigenvalue weighted by atomic mass is 10.2. The first-order valence-corrected chi connectivity index (χ1v) is 7.19. The van der Waals surface area contributed by atoms with E-state index in [0.717, 1.165) is 17.9 Å². The molecule has 0 atom stereocenters. The van der Waals surface area contributed by atoms with Gasteiger partial charge in [-0.25, -0.2) is 4.98 Å². The van der Waals surface area contributed by atoms with Crippen molar-refractivity contribution in [1.82, 2.24) is 9.88 Å². The number of aromatic nitrogens is 1. The first-order valence-electron chi connectivity index (χ1n) is 7.19. The maximum Gasteiger partial charge on any atom is 0.242 e. The van der Waals surface area contributed by atoms with E-state index < -0.39 is 0 Å². The summed E-state index contributed by atoms with van der Waals surface area (Å²) in [6.45, 7) is 2.40. The van der Waals surface area contributed by atoms with Gasteiger partial charge in [0.05, 0.1) is 12.1 Å². The molecule has 2 heterocycles. The molecule has 110 valence electrons. The van der Waals surface area contributed by atoms with Crippen molar-refractivity contribution in [1.29, 1.82) is 5.26 Å². The van der Waals surface area contributed by atoms with Gasteiger partial charge in [0.1, 0.15) is 11.9 Å². The molecule has 1 saturated heterocycles. The van der Waals surface area contributed by atoms with Gasteiger partial charge < -0.3 is 9.80 Å². The summed E-state index contributed by atoms with van der Waals surface area (Å²) in [6.07, 6.45) is 1.54. The molecular formula is C17H16N4O. The van der Waals surface area contributed by atoms with E-state index in [9.17, 15) is 4.79 Å². The number of rotatable bonds is 3. The number of hydrogen-bond acceptors (Lipinski definition) is 4. The first kappa shape index (κ1) is 14.1. The average Bonchev–Trinajstić information content (AvgIpc) is 2.58. The molecule has 0 saturated carbocycles. The van der Waals surface area contributed by atoms with E-state index in [1.54, 1.807) is 12.1 Å². The minimum Gasteiger partial charge on any atom is -0.346 e. The van der Waals surface area contributed by atoms with Crippen molar-refractivity contribution in [3.8, 4) is 6.07 Å². The molecule has 2 aromatic rings. The van der Waals surface area contributed by atoms with Crippen LogP contribution in [0.25, 0.3) is 0 Å². The molecule has 1 aliphatic heterocycles. The summed E-state index contributed by atoms with van der Waals surface area (Å²) < 4.78 is 0. The fourth-order valence-corrected chi connectivity index (χ4v) is 2.51. The second-order valence-corrected chi connectivity index (χ2v) is 5.24. The quantitative estimate of drug-likeness (QED) is 0.865. The molecule has 1 aromatic carbocycles. The van der Waals surface area contributed by atoms with E-state index in [-0.39, 0.29) is 5.91 Å². The van der Waals surface area contributed by atoms with E-state index >= 15 is 0 Å². The third kappa shape index (κ3) is 3.07. The van der Waals surface area contributed by atoms with Crippen LogP contribution >= 0.6 is 0 Å². The van der Waals surface area contributed by atoms with Gasteiger partial charge in [-0.2, -0.15) is 5.26 Å². The van der Waals surface area contributed by atoms with Crippen LogP contribution in [0.15, 0.2) is 48.7 Å². The molecule has 0 aliphatic carbocycles. The van der Waals surface area contributed by atoms with Crippen molar-refractivity contribution in [2.75, 3.05) is 24.5 Å². The normalized spacial score (nSPS) is 14.8. The fraction of sp³-hybridized carbons (Fsp3) is 0.235. The van der Waals surface area contributed by atoms with Gasteiger partial charge in [-0.15, -0.1) is 0 Å². The monoisotopic (exact) mass is 292 g/mol. The Hall–Kier alpha value is -2.87. The summed E-state index contributed by atoms with van der Waals surface area (Å²) in [5, 5.41) is 8.79. The molecule has 0 N–H and O–H groups in total. The van der Waals surface area contributed by atoms with E-state index in [1.807, 2.05) is 46.2 Å². The van der Waals surface area contributed by atoms with Gasteiger partial charge in [0.25, 0.3) is 0 Å². The highest BCUT2D eigenvalue weighted by Gasteiger charge is 2.24. The molecule has 5 heteroatoms. The fourth-order valence-electron chi connectivity index (χ4n) is 2.51. The number of anilines is 1. The largest absolute Gasteiger partial charge is 0.346 e. The molecule has 1 aromatic heterocycles. The molecule has 1 amide bonds. The zero-order chi connectivity index (χ0) is 15.4. The summed E-state index contributed by atoms with van der Waals surface area (Å²) in [4.78, 5) is 20.4. The van der Waals surface area contributed by atoms with Gasteiger partial charge in [0.15, 0.2) is 0 Å². The Balaban J connectivity index is 1.64. The maximum absolute atomic E-state index is 12.3. The topological polar surface area (TPSA) is 60.2 Å². The molecule has 22 heavy (non-hydrogen) atoms. The summed E-state index contributed by atoms with van der Waals surface area (Å²) in [6, 6.07) is 15.6. The number of pyridine rings is 1. The lowest BCUT2D eigenvalue weighted by Crippen LogP contribution is -2.50. The van der Waals surface area contributed by atoms with Gasteiger partial charge in [-0.1, -0.05) is 30.3 Å². The number of piperazine rings is 1. The minimum absolute atomic E-state index is 0.0984. The zero-order valence-electron chi connectivity index (χ0n) is 12.1. The Bertz CT molecular complexity index is 691. The number of nitriles is 1. The van der Waals surface area contributed by atoms with Crippen molar-refractivity contribution in [3.63, 3.8) is 0 Å². The van der Waals surface area contributed by atoms with Crippen LogP contribution in [-0.4, -0.2) is 35.4 Å². The predicted octanol–water partition coefficient (Wildman–Crippen LogP) is 1.80. The van der Waals surface area contributed by atoms with Gasteiger partial charge in [-0.05, 0) is 17.7 Å². The third-order valence-corrected chi connectivity index (χ3v) is 3.74. The summed E-state index contributed by atoms with van der Waals surface area (Å²) in [7, 11) is 0. The van der Waals surface area contributed by atoms with E-state index in [2.05, 4.69) is 4.98 Å². The first-order chi connectivity index (χ1) is 10.8. The number of benzene rings is 1.